The molecule has 5 heteroatoms. The molecule has 0 saturated heterocycles. The predicted octanol–water partition coefficient (Wildman–Crippen LogP) is 1.44. The number of hydrogen-bond acceptors (Lipinski definition) is 2. The molecule has 104 valence electrons. The van der Waals surface area contributed by atoms with Crippen LogP contribution in [0.25, 0.3) is 0 Å². The Balaban J connectivity index is 2.02. The zero-order valence-electron chi connectivity index (χ0n) is 11.2. The summed E-state index contributed by atoms with van der Waals surface area (Å²) in [5, 5.41) is 5.45. The molecule has 0 spiro atoms. The van der Waals surface area contributed by atoms with Crippen LogP contribution in [0.2, 0.25) is 0 Å². The number of carbonyl (C=O) groups excluding carboxylic acids is 2. The summed E-state index contributed by atoms with van der Waals surface area (Å²) < 4.78 is 1.65. The largest absolute Gasteiger partial charge is 0.349 e. The number of nitrogens with zero attached hydrogens (tertiary/aromatic N) is 1. The molecule has 0 fully saturated rings. The summed E-state index contributed by atoms with van der Waals surface area (Å²) in [5.74, 6) is -0.501. The fourth-order valence-electron chi connectivity index (χ4n) is 1.87. The summed E-state index contributed by atoms with van der Waals surface area (Å²) >= 11 is 0. The summed E-state index contributed by atoms with van der Waals surface area (Å²) in [5.41, 5.74) is 1.01. The van der Waals surface area contributed by atoms with Gasteiger partial charge in [-0.1, -0.05) is 30.3 Å². The molecule has 1 aromatic carbocycles. The maximum atomic E-state index is 12.2. The van der Waals surface area contributed by atoms with Gasteiger partial charge in [-0.05, 0) is 17.7 Å². The highest BCUT2D eigenvalue weighted by molar-refractivity contribution is 5.85. The Morgan fingerprint density at radius 3 is 2.35 bits per heavy atom. The molecule has 20 heavy (non-hydrogen) atoms. The number of aromatic nitrogens is 1. The van der Waals surface area contributed by atoms with Gasteiger partial charge >= 0.3 is 0 Å². The second-order valence-corrected chi connectivity index (χ2v) is 4.44. The van der Waals surface area contributed by atoms with Crippen LogP contribution in [0.4, 0.5) is 0 Å². The van der Waals surface area contributed by atoms with Gasteiger partial charge in [0.2, 0.25) is 5.91 Å². The van der Waals surface area contributed by atoms with Crippen LogP contribution in [0.5, 0.6) is 0 Å². The van der Waals surface area contributed by atoms with Crippen LogP contribution in [0.15, 0.2) is 54.9 Å². The topological polar surface area (TPSA) is 63.1 Å². The van der Waals surface area contributed by atoms with Gasteiger partial charge in [-0.2, -0.15) is 0 Å². The van der Waals surface area contributed by atoms with Crippen LogP contribution < -0.4 is 10.6 Å². The van der Waals surface area contributed by atoms with Crippen molar-refractivity contribution in [2.45, 2.75) is 19.6 Å². The van der Waals surface area contributed by atoms with Crippen molar-refractivity contribution in [2.24, 2.45) is 0 Å². The Morgan fingerprint density at radius 2 is 1.75 bits per heavy atom. The minimum absolute atomic E-state index is 0.250. The molecule has 0 radical (unpaired) electrons. The van der Waals surface area contributed by atoms with Gasteiger partial charge < -0.3 is 15.2 Å². The van der Waals surface area contributed by atoms with E-state index >= 15 is 0 Å². The zero-order chi connectivity index (χ0) is 14.4. The second kappa shape index (κ2) is 6.56. The van der Waals surface area contributed by atoms with Crippen molar-refractivity contribution in [3.63, 3.8) is 0 Å². The molecule has 0 aliphatic heterocycles. The first-order valence-electron chi connectivity index (χ1n) is 6.38. The third-order valence-electron chi connectivity index (χ3n) is 2.82. The molecule has 1 aromatic heterocycles. The molecule has 2 rings (SSSR count). The average molecular weight is 271 g/mol. The van der Waals surface area contributed by atoms with Gasteiger partial charge in [0.1, 0.15) is 0 Å². The van der Waals surface area contributed by atoms with Crippen LogP contribution in [-0.2, 0) is 16.1 Å². The number of amides is 2. The lowest BCUT2D eigenvalue weighted by atomic mass is 10.2. The molecule has 0 aliphatic carbocycles. The Morgan fingerprint density at radius 1 is 1.10 bits per heavy atom. The quantitative estimate of drug-likeness (QED) is 0.864. The highest BCUT2D eigenvalue weighted by Crippen LogP contribution is 2.05. The highest BCUT2D eigenvalue weighted by Gasteiger charge is 2.19. The lowest BCUT2D eigenvalue weighted by Crippen LogP contribution is -2.42. The molecule has 0 bridgehead atoms. The van der Waals surface area contributed by atoms with Crippen molar-refractivity contribution in [2.75, 3.05) is 0 Å². The van der Waals surface area contributed by atoms with Crippen LogP contribution in [0.1, 0.15) is 18.7 Å². The molecular formula is C15H17N3O2. The smallest absolute Gasteiger partial charge is 0.264 e. The van der Waals surface area contributed by atoms with Crippen LogP contribution >= 0.6 is 0 Å². The van der Waals surface area contributed by atoms with E-state index in [9.17, 15) is 9.59 Å². The number of carbonyl (C=O) groups is 2. The molecule has 1 heterocycles. The Bertz CT molecular complexity index is 564. The van der Waals surface area contributed by atoms with Crippen molar-refractivity contribution >= 4 is 11.8 Å². The Kier molecular flexibility index (Phi) is 4.55. The molecule has 0 aliphatic rings. The van der Waals surface area contributed by atoms with Crippen LogP contribution in [-0.4, -0.2) is 16.4 Å². The third-order valence-corrected chi connectivity index (χ3v) is 2.82. The maximum absolute atomic E-state index is 12.2. The highest BCUT2D eigenvalue weighted by atomic mass is 16.2. The molecule has 2 N–H and O–H groups in total. The minimum Gasteiger partial charge on any atom is -0.349 e. The van der Waals surface area contributed by atoms with E-state index in [1.807, 2.05) is 30.3 Å². The first-order chi connectivity index (χ1) is 9.66. The van der Waals surface area contributed by atoms with Gasteiger partial charge in [0.15, 0.2) is 6.17 Å². The van der Waals surface area contributed by atoms with Crippen molar-refractivity contribution in [3.05, 3.63) is 60.4 Å². The van der Waals surface area contributed by atoms with E-state index in [-0.39, 0.29) is 11.8 Å². The van der Waals surface area contributed by atoms with Crippen molar-refractivity contribution in [1.29, 1.82) is 0 Å². The van der Waals surface area contributed by atoms with E-state index in [0.29, 0.717) is 6.54 Å². The standard InChI is InChI=1S/C15H17N3O2/c1-12(19)17-14(18-9-5-6-10-18)15(20)16-11-13-7-3-2-4-8-13/h2-10,14H,11H2,1H3,(H,16,20)(H,17,19)/t14-/m0/s1. The molecular weight excluding hydrogens is 254 g/mol. The zero-order valence-corrected chi connectivity index (χ0v) is 11.2. The van der Waals surface area contributed by atoms with E-state index < -0.39 is 6.17 Å². The number of nitrogens with one attached hydrogen (secondary N) is 2. The Hall–Kier alpha value is -2.56. The first kappa shape index (κ1) is 13.9. The van der Waals surface area contributed by atoms with E-state index in [1.165, 1.54) is 6.92 Å². The van der Waals surface area contributed by atoms with Gasteiger partial charge in [0.25, 0.3) is 5.91 Å². The number of benzene rings is 1. The van der Waals surface area contributed by atoms with Gasteiger partial charge in [0.05, 0.1) is 0 Å². The normalized spacial score (nSPS) is 11.7. The van der Waals surface area contributed by atoms with E-state index in [2.05, 4.69) is 10.6 Å². The first-order valence-corrected chi connectivity index (χ1v) is 6.38. The van der Waals surface area contributed by atoms with Crippen LogP contribution in [0.3, 0.4) is 0 Å². The average Bonchev–Trinajstić information content (AvgIpc) is 2.97. The van der Waals surface area contributed by atoms with Gasteiger partial charge in [0, 0.05) is 25.9 Å². The lowest BCUT2D eigenvalue weighted by molar-refractivity contribution is -0.130. The van der Waals surface area contributed by atoms with E-state index in [1.54, 1.807) is 29.1 Å². The summed E-state index contributed by atoms with van der Waals surface area (Å²) in [6, 6.07) is 13.2. The molecule has 5 nitrogen and oxygen atoms in total. The SMILES string of the molecule is CC(=O)N[C@H](C(=O)NCc1ccccc1)n1cccc1. The lowest BCUT2D eigenvalue weighted by Gasteiger charge is -2.19. The summed E-state index contributed by atoms with van der Waals surface area (Å²) in [6.07, 6.45) is 2.75. The van der Waals surface area contributed by atoms with E-state index in [4.69, 9.17) is 0 Å². The summed E-state index contributed by atoms with van der Waals surface area (Å²) in [4.78, 5) is 23.4. The van der Waals surface area contributed by atoms with Gasteiger partial charge in [-0.25, -0.2) is 0 Å². The van der Waals surface area contributed by atoms with Crippen molar-refractivity contribution in [1.82, 2.24) is 15.2 Å². The summed E-state index contributed by atoms with van der Waals surface area (Å²) in [7, 11) is 0. The Labute approximate surface area is 117 Å². The monoisotopic (exact) mass is 271 g/mol. The maximum Gasteiger partial charge on any atom is 0.264 e. The number of hydrogen-bond donors (Lipinski definition) is 2. The van der Waals surface area contributed by atoms with Gasteiger partial charge in [-0.15, -0.1) is 0 Å². The molecule has 1 atom stereocenters. The molecule has 0 saturated carbocycles. The number of rotatable bonds is 5. The third kappa shape index (κ3) is 3.71. The van der Waals surface area contributed by atoms with Crippen molar-refractivity contribution < 1.29 is 9.59 Å². The van der Waals surface area contributed by atoms with Crippen LogP contribution in [0, 0.1) is 0 Å². The van der Waals surface area contributed by atoms with Gasteiger partial charge in [-0.3, -0.25) is 9.59 Å². The predicted molar refractivity (Wildman–Crippen MR) is 75.6 cm³/mol. The summed E-state index contributed by atoms with van der Waals surface area (Å²) in [6.45, 7) is 1.82. The van der Waals surface area contributed by atoms with E-state index in [0.717, 1.165) is 5.56 Å². The molecule has 0 unspecified atom stereocenters. The molecule has 2 amide bonds. The second-order valence-electron chi connectivity index (χ2n) is 4.44. The molecule has 2 aromatic rings. The fraction of sp³-hybridized carbons (Fsp3) is 0.200. The fourth-order valence-corrected chi connectivity index (χ4v) is 1.87. The minimum atomic E-state index is -0.730. The van der Waals surface area contributed by atoms with Crippen molar-refractivity contribution in [3.8, 4) is 0 Å².